The lowest BCUT2D eigenvalue weighted by Gasteiger charge is -2.08. The molecule has 20 heavy (non-hydrogen) atoms. The number of nitro groups is 1. The smallest absolute Gasteiger partial charge is 0.275 e. The van der Waals surface area contributed by atoms with Crippen LogP contribution >= 0.6 is 0 Å². The van der Waals surface area contributed by atoms with Gasteiger partial charge in [0, 0.05) is 11.1 Å². The van der Waals surface area contributed by atoms with Crippen LogP contribution in [0.25, 0.3) is 0 Å². The number of nitro benzene ring substituents is 1. The highest BCUT2D eigenvalue weighted by Gasteiger charge is 2.16. The number of aryl methyl sites for hydroxylation is 1. The lowest BCUT2D eigenvalue weighted by molar-refractivity contribution is -0.385. The van der Waals surface area contributed by atoms with Gasteiger partial charge in [0.1, 0.15) is 12.0 Å². The average Bonchev–Trinajstić information content (AvgIpc) is 2.43. The summed E-state index contributed by atoms with van der Waals surface area (Å²) in [5.74, 6) is -0.587. The molecule has 5 nitrogen and oxygen atoms in total. The number of hydrogen-bond donors (Lipinski definition) is 0. The molecule has 0 unspecified atom stereocenters. The number of carbonyl (C=O) groups excluding carboxylic acids is 1. The van der Waals surface area contributed by atoms with Crippen molar-refractivity contribution >= 4 is 12.0 Å². The van der Waals surface area contributed by atoms with Crippen molar-refractivity contribution in [1.82, 2.24) is 0 Å². The van der Waals surface area contributed by atoms with E-state index >= 15 is 0 Å². The normalized spacial score (nSPS) is 10.1. The van der Waals surface area contributed by atoms with Crippen LogP contribution in [-0.2, 0) is 0 Å². The van der Waals surface area contributed by atoms with E-state index in [9.17, 15) is 19.3 Å². The third-order valence-corrected chi connectivity index (χ3v) is 2.69. The standard InChI is InChI=1S/C14H10FNO4/c1-9-6-14(12(15)7-13(9)16(18)19)20-11-4-2-10(8-17)3-5-11/h2-8H,1H3. The van der Waals surface area contributed by atoms with Gasteiger partial charge in [0.05, 0.1) is 11.0 Å². The minimum absolute atomic E-state index is 0.105. The summed E-state index contributed by atoms with van der Waals surface area (Å²) in [6, 6.07) is 8.17. The molecule has 102 valence electrons. The quantitative estimate of drug-likeness (QED) is 0.485. The van der Waals surface area contributed by atoms with Crippen LogP contribution in [0.2, 0.25) is 0 Å². The lowest BCUT2D eigenvalue weighted by atomic mass is 10.2. The summed E-state index contributed by atoms with van der Waals surface area (Å²) in [6.45, 7) is 1.50. The fourth-order valence-electron chi connectivity index (χ4n) is 1.66. The van der Waals surface area contributed by atoms with Gasteiger partial charge >= 0.3 is 0 Å². The van der Waals surface area contributed by atoms with E-state index in [4.69, 9.17) is 4.74 Å². The van der Waals surface area contributed by atoms with Gasteiger partial charge in [-0.1, -0.05) is 0 Å². The minimum Gasteiger partial charge on any atom is -0.454 e. The molecule has 0 aliphatic heterocycles. The minimum atomic E-state index is -0.818. The Morgan fingerprint density at radius 1 is 1.25 bits per heavy atom. The Balaban J connectivity index is 2.31. The number of rotatable bonds is 4. The van der Waals surface area contributed by atoms with Gasteiger partial charge in [-0.15, -0.1) is 0 Å². The van der Waals surface area contributed by atoms with Crippen molar-refractivity contribution in [3.63, 3.8) is 0 Å². The second-order valence-electron chi connectivity index (χ2n) is 4.12. The summed E-state index contributed by atoms with van der Waals surface area (Å²) in [5, 5.41) is 10.7. The summed E-state index contributed by atoms with van der Waals surface area (Å²) < 4.78 is 19.0. The first-order valence-corrected chi connectivity index (χ1v) is 5.69. The van der Waals surface area contributed by atoms with Crippen molar-refractivity contribution < 1.29 is 18.8 Å². The van der Waals surface area contributed by atoms with E-state index in [0.29, 0.717) is 23.2 Å². The van der Waals surface area contributed by atoms with Crippen molar-refractivity contribution in [2.45, 2.75) is 6.92 Å². The van der Waals surface area contributed by atoms with Crippen LogP contribution in [0.15, 0.2) is 36.4 Å². The first-order chi connectivity index (χ1) is 9.51. The highest BCUT2D eigenvalue weighted by molar-refractivity contribution is 5.74. The van der Waals surface area contributed by atoms with Crippen LogP contribution in [0.5, 0.6) is 11.5 Å². The van der Waals surface area contributed by atoms with E-state index in [1.807, 2.05) is 0 Å². The van der Waals surface area contributed by atoms with Crippen LogP contribution in [-0.4, -0.2) is 11.2 Å². The van der Waals surface area contributed by atoms with Gasteiger partial charge in [-0.3, -0.25) is 14.9 Å². The van der Waals surface area contributed by atoms with Crippen LogP contribution in [0.3, 0.4) is 0 Å². The summed E-state index contributed by atoms with van der Waals surface area (Å²) in [4.78, 5) is 20.5. The molecule has 0 saturated heterocycles. The predicted octanol–water partition coefficient (Wildman–Crippen LogP) is 3.65. The first-order valence-electron chi connectivity index (χ1n) is 5.69. The molecule has 0 spiro atoms. The number of aldehydes is 1. The Hall–Kier alpha value is -2.76. The zero-order valence-corrected chi connectivity index (χ0v) is 10.5. The van der Waals surface area contributed by atoms with E-state index in [-0.39, 0.29) is 11.4 Å². The summed E-state index contributed by atoms with van der Waals surface area (Å²) >= 11 is 0. The van der Waals surface area contributed by atoms with Gasteiger partial charge in [-0.25, -0.2) is 4.39 Å². The Bertz CT molecular complexity index is 668. The zero-order chi connectivity index (χ0) is 14.7. The number of hydrogen-bond acceptors (Lipinski definition) is 4. The second kappa shape index (κ2) is 5.48. The Kier molecular flexibility index (Phi) is 3.74. The van der Waals surface area contributed by atoms with Crippen LogP contribution in [0, 0.1) is 22.9 Å². The SMILES string of the molecule is Cc1cc(Oc2ccc(C=O)cc2)c(F)cc1[N+](=O)[O-]. The molecule has 0 saturated carbocycles. The van der Waals surface area contributed by atoms with Crippen LogP contribution in [0.4, 0.5) is 10.1 Å². The number of benzene rings is 2. The van der Waals surface area contributed by atoms with Crippen molar-refractivity contribution in [2.24, 2.45) is 0 Å². The van der Waals surface area contributed by atoms with E-state index in [1.165, 1.54) is 37.3 Å². The topological polar surface area (TPSA) is 69.4 Å². The fourth-order valence-corrected chi connectivity index (χ4v) is 1.66. The fraction of sp³-hybridized carbons (Fsp3) is 0.0714. The molecule has 0 aliphatic carbocycles. The van der Waals surface area contributed by atoms with Gasteiger partial charge in [0.2, 0.25) is 0 Å². The van der Waals surface area contributed by atoms with Gasteiger partial charge < -0.3 is 4.74 Å². The monoisotopic (exact) mass is 275 g/mol. The zero-order valence-electron chi connectivity index (χ0n) is 10.5. The summed E-state index contributed by atoms with van der Waals surface area (Å²) in [6.07, 6.45) is 0.681. The second-order valence-corrected chi connectivity index (χ2v) is 4.12. The average molecular weight is 275 g/mol. The van der Waals surface area contributed by atoms with Gasteiger partial charge in [0.15, 0.2) is 11.6 Å². The summed E-state index contributed by atoms with van der Waals surface area (Å²) in [7, 11) is 0. The molecule has 2 aromatic carbocycles. The molecule has 0 heterocycles. The molecule has 0 radical (unpaired) electrons. The summed E-state index contributed by atoms with van der Waals surface area (Å²) in [5.41, 5.74) is 0.472. The number of carbonyl (C=O) groups is 1. The Labute approximate surface area is 113 Å². The molecule has 2 rings (SSSR count). The molecule has 0 amide bonds. The molecule has 0 N–H and O–H groups in total. The molecule has 6 heteroatoms. The molecule has 0 aliphatic rings. The maximum Gasteiger partial charge on any atom is 0.275 e. The van der Waals surface area contributed by atoms with Crippen LogP contribution < -0.4 is 4.74 Å². The molecule has 2 aromatic rings. The largest absolute Gasteiger partial charge is 0.454 e. The third kappa shape index (κ3) is 2.80. The highest BCUT2D eigenvalue weighted by Crippen LogP contribution is 2.30. The van der Waals surface area contributed by atoms with E-state index in [2.05, 4.69) is 0 Å². The number of halogens is 1. The van der Waals surface area contributed by atoms with E-state index in [0.717, 1.165) is 6.07 Å². The van der Waals surface area contributed by atoms with Crippen molar-refractivity contribution in [3.05, 3.63) is 63.5 Å². The molecule has 0 bridgehead atoms. The molecular formula is C14H10FNO4. The lowest BCUT2D eigenvalue weighted by Crippen LogP contribution is -1.96. The van der Waals surface area contributed by atoms with Crippen molar-refractivity contribution in [1.29, 1.82) is 0 Å². The third-order valence-electron chi connectivity index (χ3n) is 2.69. The molecule has 0 atom stereocenters. The van der Waals surface area contributed by atoms with E-state index in [1.54, 1.807) is 0 Å². The van der Waals surface area contributed by atoms with Gasteiger partial charge in [-0.2, -0.15) is 0 Å². The molecular weight excluding hydrogens is 265 g/mol. The highest BCUT2D eigenvalue weighted by atomic mass is 19.1. The van der Waals surface area contributed by atoms with Gasteiger partial charge in [0.25, 0.3) is 5.69 Å². The maximum absolute atomic E-state index is 13.7. The first kappa shape index (κ1) is 13.7. The van der Waals surface area contributed by atoms with Crippen LogP contribution in [0.1, 0.15) is 15.9 Å². The maximum atomic E-state index is 13.7. The predicted molar refractivity (Wildman–Crippen MR) is 69.7 cm³/mol. The molecule has 0 aromatic heterocycles. The Morgan fingerprint density at radius 3 is 2.45 bits per heavy atom. The van der Waals surface area contributed by atoms with Crippen molar-refractivity contribution in [3.8, 4) is 11.5 Å². The Morgan fingerprint density at radius 2 is 1.90 bits per heavy atom. The number of ether oxygens (including phenoxy) is 1. The number of nitrogens with zero attached hydrogens (tertiary/aromatic N) is 1. The van der Waals surface area contributed by atoms with Crippen molar-refractivity contribution in [2.75, 3.05) is 0 Å². The van der Waals surface area contributed by atoms with Gasteiger partial charge in [-0.05, 0) is 37.3 Å². The van der Waals surface area contributed by atoms with E-state index < -0.39 is 10.7 Å². The molecule has 0 fully saturated rings.